The summed E-state index contributed by atoms with van der Waals surface area (Å²) in [4.78, 5) is 24.7. The Kier molecular flexibility index (Phi) is 4.27. The minimum absolute atomic E-state index is 0.247. The maximum Gasteiger partial charge on any atom is 0.327 e. The van der Waals surface area contributed by atoms with E-state index in [0.29, 0.717) is 6.42 Å². The number of carbonyl (C=O) groups excluding carboxylic acids is 1. The number of carboxylic acids is 1. The van der Waals surface area contributed by atoms with E-state index in [1.165, 1.54) is 17.8 Å². The Labute approximate surface area is 118 Å². The zero-order valence-electron chi connectivity index (χ0n) is 10.7. The van der Waals surface area contributed by atoms with Crippen LogP contribution in [0, 0.1) is 11.6 Å². The van der Waals surface area contributed by atoms with Crippen LogP contribution in [0.2, 0.25) is 0 Å². The van der Waals surface area contributed by atoms with Crippen LogP contribution in [0.5, 0.6) is 0 Å². The SMILES string of the molecule is CCC1SCC(C(=O)O)N1C(=O)c1cccc(F)c1F. The molecule has 0 aromatic heterocycles. The first kappa shape index (κ1) is 14.8. The van der Waals surface area contributed by atoms with Gasteiger partial charge in [0.1, 0.15) is 6.04 Å². The highest BCUT2D eigenvalue weighted by Gasteiger charge is 2.41. The Hall–Kier alpha value is -1.63. The van der Waals surface area contributed by atoms with Crippen molar-refractivity contribution in [1.82, 2.24) is 4.90 Å². The number of thioether (sulfide) groups is 1. The second-order valence-electron chi connectivity index (χ2n) is 4.36. The normalized spacial score (nSPS) is 22.1. The molecule has 2 rings (SSSR count). The fraction of sp³-hybridized carbons (Fsp3) is 0.385. The lowest BCUT2D eigenvalue weighted by Crippen LogP contribution is -2.45. The predicted molar refractivity (Wildman–Crippen MR) is 70.5 cm³/mol. The van der Waals surface area contributed by atoms with Crippen LogP contribution in [-0.4, -0.2) is 39.1 Å². The van der Waals surface area contributed by atoms with Gasteiger partial charge in [-0.3, -0.25) is 4.79 Å². The standard InChI is InChI=1S/C13H13F2NO3S/c1-2-10-16(9(6-20-10)13(18)19)12(17)7-4-3-5-8(14)11(7)15/h3-5,9-10H,2,6H2,1H3,(H,18,19). The van der Waals surface area contributed by atoms with Crippen molar-refractivity contribution in [3.05, 3.63) is 35.4 Å². The molecule has 2 unspecified atom stereocenters. The van der Waals surface area contributed by atoms with Gasteiger partial charge in [-0.15, -0.1) is 11.8 Å². The first-order valence-electron chi connectivity index (χ1n) is 6.08. The third-order valence-electron chi connectivity index (χ3n) is 3.14. The van der Waals surface area contributed by atoms with Crippen LogP contribution in [0.25, 0.3) is 0 Å². The quantitative estimate of drug-likeness (QED) is 0.931. The molecule has 1 aromatic carbocycles. The Balaban J connectivity index is 2.38. The number of nitrogens with zero attached hydrogens (tertiary/aromatic N) is 1. The highest BCUT2D eigenvalue weighted by atomic mass is 32.2. The molecule has 1 aliphatic heterocycles. The Morgan fingerprint density at radius 2 is 2.15 bits per heavy atom. The van der Waals surface area contributed by atoms with Crippen LogP contribution in [0.1, 0.15) is 23.7 Å². The molecule has 1 heterocycles. The number of hydrogen-bond acceptors (Lipinski definition) is 3. The molecule has 0 radical (unpaired) electrons. The van der Waals surface area contributed by atoms with Crippen LogP contribution in [0.3, 0.4) is 0 Å². The zero-order chi connectivity index (χ0) is 14.9. The molecule has 0 bridgehead atoms. The maximum atomic E-state index is 13.7. The third kappa shape index (κ3) is 2.49. The average Bonchev–Trinajstić information content (AvgIpc) is 2.85. The summed E-state index contributed by atoms with van der Waals surface area (Å²) in [6.45, 7) is 1.81. The van der Waals surface area contributed by atoms with E-state index in [-0.39, 0.29) is 11.1 Å². The molecule has 7 heteroatoms. The van der Waals surface area contributed by atoms with Crippen molar-refractivity contribution in [1.29, 1.82) is 0 Å². The number of carboxylic acid groups (broad SMARTS) is 1. The van der Waals surface area contributed by atoms with Crippen LogP contribution < -0.4 is 0 Å². The monoisotopic (exact) mass is 301 g/mol. The highest BCUT2D eigenvalue weighted by molar-refractivity contribution is 8.00. The van der Waals surface area contributed by atoms with Crippen molar-refractivity contribution in [3.8, 4) is 0 Å². The number of benzene rings is 1. The first-order chi connectivity index (χ1) is 9.47. The lowest BCUT2D eigenvalue weighted by atomic mass is 10.1. The first-order valence-corrected chi connectivity index (χ1v) is 7.13. The van der Waals surface area contributed by atoms with E-state index >= 15 is 0 Å². The Morgan fingerprint density at radius 1 is 1.45 bits per heavy atom. The van der Waals surface area contributed by atoms with Crippen LogP contribution in [0.4, 0.5) is 8.78 Å². The fourth-order valence-corrected chi connectivity index (χ4v) is 3.50. The summed E-state index contributed by atoms with van der Waals surface area (Å²) in [6.07, 6.45) is 0.539. The van der Waals surface area contributed by atoms with Crippen molar-refractivity contribution < 1.29 is 23.5 Å². The van der Waals surface area contributed by atoms with E-state index in [4.69, 9.17) is 5.11 Å². The number of rotatable bonds is 3. The summed E-state index contributed by atoms with van der Waals surface area (Å²) in [6, 6.07) is 2.29. The van der Waals surface area contributed by atoms with Crippen molar-refractivity contribution in [2.45, 2.75) is 24.8 Å². The van der Waals surface area contributed by atoms with Gasteiger partial charge in [-0.2, -0.15) is 0 Å². The molecule has 108 valence electrons. The molecular weight excluding hydrogens is 288 g/mol. The summed E-state index contributed by atoms with van der Waals surface area (Å²) in [5.74, 6) is -4.04. The van der Waals surface area contributed by atoms with Crippen molar-refractivity contribution in [2.75, 3.05) is 5.75 Å². The highest BCUT2D eigenvalue weighted by Crippen LogP contribution is 2.33. The van der Waals surface area contributed by atoms with Gasteiger partial charge in [0.25, 0.3) is 5.91 Å². The van der Waals surface area contributed by atoms with Gasteiger partial charge in [0.2, 0.25) is 0 Å². The van der Waals surface area contributed by atoms with Gasteiger partial charge in [0, 0.05) is 5.75 Å². The van der Waals surface area contributed by atoms with Gasteiger partial charge in [0.15, 0.2) is 11.6 Å². The smallest absolute Gasteiger partial charge is 0.327 e. The summed E-state index contributed by atoms with van der Waals surface area (Å²) in [5.41, 5.74) is -0.433. The molecule has 4 nitrogen and oxygen atoms in total. The Morgan fingerprint density at radius 3 is 2.75 bits per heavy atom. The van der Waals surface area contributed by atoms with Crippen LogP contribution in [0.15, 0.2) is 18.2 Å². The fourth-order valence-electron chi connectivity index (χ4n) is 2.15. The zero-order valence-corrected chi connectivity index (χ0v) is 11.5. The number of amides is 1. The van der Waals surface area contributed by atoms with E-state index in [1.807, 2.05) is 6.92 Å². The topological polar surface area (TPSA) is 57.6 Å². The molecule has 1 saturated heterocycles. The van der Waals surface area contributed by atoms with E-state index < -0.39 is 35.1 Å². The van der Waals surface area contributed by atoms with Gasteiger partial charge in [0.05, 0.1) is 10.9 Å². The summed E-state index contributed by atoms with van der Waals surface area (Å²) < 4.78 is 26.9. The molecule has 20 heavy (non-hydrogen) atoms. The van der Waals surface area contributed by atoms with E-state index in [9.17, 15) is 18.4 Å². The summed E-state index contributed by atoms with van der Waals surface area (Å²) >= 11 is 1.33. The van der Waals surface area contributed by atoms with Crippen molar-refractivity contribution >= 4 is 23.6 Å². The van der Waals surface area contributed by atoms with Gasteiger partial charge < -0.3 is 10.0 Å². The third-order valence-corrected chi connectivity index (χ3v) is 4.60. The minimum atomic E-state index is -1.24. The lowest BCUT2D eigenvalue weighted by molar-refractivity contribution is -0.141. The van der Waals surface area contributed by atoms with Crippen LogP contribution >= 0.6 is 11.8 Å². The molecule has 0 aliphatic carbocycles. The van der Waals surface area contributed by atoms with Gasteiger partial charge >= 0.3 is 5.97 Å². The van der Waals surface area contributed by atoms with Gasteiger partial charge in [-0.1, -0.05) is 13.0 Å². The molecule has 1 aliphatic rings. The second-order valence-corrected chi connectivity index (χ2v) is 5.57. The van der Waals surface area contributed by atoms with Crippen molar-refractivity contribution in [2.24, 2.45) is 0 Å². The molecule has 0 saturated carbocycles. The summed E-state index contributed by atoms with van der Waals surface area (Å²) in [5, 5.41) is 8.80. The predicted octanol–water partition coefficient (Wildman–Crippen LogP) is 2.34. The number of halogens is 2. The Bertz CT molecular complexity index is 552. The van der Waals surface area contributed by atoms with Crippen molar-refractivity contribution in [3.63, 3.8) is 0 Å². The average molecular weight is 301 g/mol. The lowest BCUT2D eigenvalue weighted by Gasteiger charge is -2.26. The van der Waals surface area contributed by atoms with E-state index in [1.54, 1.807) is 0 Å². The molecule has 1 aromatic rings. The van der Waals surface area contributed by atoms with Crippen LogP contribution in [-0.2, 0) is 4.79 Å². The minimum Gasteiger partial charge on any atom is -0.480 e. The van der Waals surface area contributed by atoms with Gasteiger partial charge in [-0.05, 0) is 18.6 Å². The molecular formula is C13H13F2NO3S. The largest absolute Gasteiger partial charge is 0.480 e. The molecule has 1 N–H and O–H groups in total. The summed E-state index contributed by atoms with van der Waals surface area (Å²) in [7, 11) is 0. The second kappa shape index (κ2) is 5.78. The van der Waals surface area contributed by atoms with E-state index in [0.717, 1.165) is 17.0 Å². The molecule has 0 spiro atoms. The maximum absolute atomic E-state index is 13.7. The number of carbonyl (C=O) groups is 2. The van der Waals surface area contributed by atoms with E-state index in [2.05, 4.69) is 0 Å². The molecule has 1 fully saturated rings. The van der Waals surface area contributed by atoms with Gasteiger partial charge in [-0.25, -0.2) is 13.6 Å². The molecule has 1 amide bonds. The molecule has 2 atom stereocenters. The number of hydrogen-bond donors (Lipinski definition) is 1. The number of aliphatic carboxylic acids is 1.